The van der Waals surface area contributed by atoms with Gasteiger partial charge in [0.1, 0.15) is 12.1 Å². The minimum atomic E-state index is 0.00347. The van der Waals surface area contributed by atoms with Crippen LogP contribution in [0.3, 0.4) is 0 Å². The van der Waals surface area contributed by atoms with Gasteiger partial charge in [0.15, 0.2) is 5.89 Å². The summed E-state index contributed by atoms with van der Waals surface area (Å²) in [5.41, 5.74) is 2.59. The summed E-state index contributed by atoms with van der Waals surface area (Å²) < 4.78 is 5.44. The predicted molar refractivity (Wildman–Crippen MR) is 110 cm³/mol. The molecule has 0 radical (unpaired) electrons. The molecule has 26 heavy (non-hydrogen) atoms. The Hall–Kier alpha value is -1.58. The number of H-pyrrole nitrogens is 1. The zero-order valence-corrected chi connectivity index (χ0v) is 19.0. The molecule has 148 valence electrons. The second-order valence-electron chi connectivity index (χ2n) is 11.2. The van der Waals surface area contributed by atoms with Gasteiger partial charge in [-0.3, -0.25) is 0 Å². The maximum Gasteiger partial charge on any atom is 0.199 e. The van der Waals surface area contributed by atoms with Gasteiger partial charge in [0, 0.05) is 33.6 Å². The van der Waals surface area contributed by atoms with Crippen molar-refractivity contribution in [2.24, 2.45) is 0 Å². The van der Waals surface area contributed by atoms with Gasteiger partial charge in [-0.15, -0.1) is 0 Å². The summed E-state index contributed by atoms with van der Waals surface area (Å²) in [6.45, 7) is 25.8. The molecule has 0 saturated carbocycles. The lowest BCUT2D eigenvalue weighted by Gasteiger charge is -2.17. The van der Waals surface area contributed by atoms with Crippen LogP contribution in [0.25, 0.3) is 0 Å². The third kappa shape index (κ3) is 6.30. The van der Waals surface area contributed by atoms with Gasteiger partial charge in [0.05, 0.1) is 5.69 Å². The van der Waals surface area contributed by atoms with Crippen molar-refractivity contribution in [3.05, 3.63) is 35.6 Å². The lowest BCUT2D eigenvalue weighted by Crippen LogP contribution is -2.15. The Bertz CT molecular complexity index is 576. The van der Waals surface area contributed by atoms with Gasteiger partial charge in [0.25, 0.3) is 0 Å². The number of oxazole rings is 1. The smallest absolute Gasteiger partial charge is 0.199 e. The van der Waals surface area contributed by atoms with E-state index in [1.165, 1.54) is 5.69 Å². The van der Waals surface area contributed by atoms with Crippen LogP contribution in [-0.4, -0.2) is 15.0 Å². The van der Waals surface area contributed by atoms with E-state index in [0.29, 0.717) is 0 Å². The first-order valence-corrected chi connectivity index (χ1v) is 9.45. The molecule has 0 bridgehead atoms. The molecule has 0 unspecified atom stereocenters. The third-order valence-corrected chi connectivity index (χ3v) is 4.01. The van der Waals surface area contributed by atoms with Crippen molar-refractivity contribution in [3.8, 4) is 0 Å². The number of rotatable bonds is 0. The second kappa shape index (κ2) is 7.21. The molecule has 0 aliphatic carbocycles. The molecule has 0 aliphatic rings. The highest BCUT2D eigenvalue weighted by molar-refractivity contribution is 5.15. The van der Waals surface area contributed by atoms with Crippen molar-refractivity contribution >= 4 is 0 Å². The summed E-state index contributed by atoms with van der Waals surface area (Å²) in [5, 5.41) is 0. The molecule has 2 heterocycles. The topological polar surface area (TPSA) is 54.7 Å². The molecule has 2 aromatic heterocycles. The molecule has 0 saturated heterocycles. The van der Waals surface area contributed by atoms with Crippen molar-refractivity contribution in [2.75, 3.05) is 0 Å². The Labute approximate surface area is 160 Å². The Morgan fingerprint density at radius 2 is 1.27 bits per heavy atom. The van der Waals surface area contributed by atoms with Gasteiger partial charge in [-0.1, -0.05) is 83.1 Å². The third-order valence-electron chi connectivity index (χ3n) is 4.01. The fraction of sp³-hybridized carbons (Fsp3) is 0.727. The average Bonchev–Trinajstić information content (AvgIpc) is 3.06. The van der Waals surface area contributed by atoms with E-state index in [0.717, 1.165) is 17.4 Å². The van der Waals surface area contributed by atoms with E-state index in [9.17, 15) is 0 Å². The molecule has 0 amide bonds. The number of nitrogens with one attached hydrogen (secondary N) is 1. The zero-order valence-electron chi connectivity index (χ0n) is 19.0. The Kier molecular flexibility index (Phi) is 6.22. The lowest BCUT2D eigenvalue weighted by molar-refractivity contribution is 0.392. The Morgan fingerprint density at radius 3 is 1.50 bits per heavy atom. The maximum absolute atomic E-state index is 5.44. The van der Waals surface area contributed by atoms with E-state index in [4.69, 9.17) is 4.42 Å². The maximum atomic E-state index is 5.44. The van der Waals surface area contributed by atoms with Crippen LogP contribution in [0.1, 0.15) is 106 Å². The SMILES string of the molecule is CC(C)(C)c1cnc(C(C)(C)C)[nH]1.CC(C)(C)c1coc(C(C)(C)C)n1. The first kappa shape index (κ1) is 22.5. The molecule has 0 aliphatic heterocycles. The van der Waals surface area contributed by atoms with E-state index in [2.05, 4.69) is 98.0 Å². The molecular formula is C22H39N3O. The fourth-order valence-electron chi connectivity index (χ4n) is 2.05. The predicted octanol–water partition coefficient (Wildman–Crippen LogP) is 6.27. The molecule has 1 N–H and O–H groups in total. The normalized spacial score (nSPS) is 13.4. The molecule has 4 heteroatoms. The standard InChI is InChI=1S/C11H20N2.C11H19NO/c1-10(2,3)8-7-12-9(13-8)11(4,5)6;1-10(2,3)8-7-13-9(12-8)11(4,5)6/h7H,1-6H3,(H,12,13);7H,1-6H3. The first-order valence-electron chi connectivity index (χ1n) is 9.45. The molecule has 2 rings (SSSR count). The molecule has 0 atom stereocenters. The highest BCUT2D eigenvalue weighted by Crippen LogP contribution is 2.27. The minimum Gasteiger partial charge on any atom is -0.448 e. The molecule has 0 aromatic carbocycles. The van der Waals surface area contributed by atoms with E-state index in [1.807, 2.05) is 6.20 Å². The van der Waals surface area contributed by atoms with Gasteiger partial charge < -0.3 is 9.40 Å². The van der Waals surface area contributed by atoms with Crippen LogP contribution >= 0.6 is 0 Å². The summed E-state index contributed by atoms with van der Waals surface area (Å²) in [7, 11) is 0. The number of imidazole rings is 1. The molecule has 0 spiro atoms. The molecule has 0 fully saturated rings. The fourth-order valence-corrected chi connectivity index (χ4v) is 2.05. The van der Waals surface area contributed by atoms with E-state index in [-0.39, 0.29) is 21.7 Å². The summed E-state index contributed by atoms with van der Waals surface area (Å²) in [5.74, 6) is 1.88. The van der Waals surface area contributed by atoms with Crippen LogP contribution in [-0.2, 0) is 21.7 Å². The van der Waals surface area contributed by atoms with Crippen molar-refractivity contribution in [1.29, 1.82) is 0 Å². The van der Waals surface area contributed by atoms with Gasteiger partial charge >= 0.3 is 0 Å². The van der Waals surface area contributed by atoms with Gasteiger partial charge in [0.2, 0.25) is 0 Å². The lowest BCUT2D eigenvalue weighted by atomic mass is 9.92. The second-order valence-corrected chi connectivity index (χ2v) is 11.2. The summed E-state index contributed by atoms with van der Waals surface area (Å²) in [4.78, 5) is 12.3. The van der Waals surface area contributed by atoms with Crippen LogP contribution in [0.4, 0.5) is 0 Å². The number of hydrogen-bond donors (Lipinski definition) is 1. The van der Waals surface area contributed by atoms with Crippen molar-refractivity contribution in [2.45, 2.75) is 105 Å². The van der Waals surface area contributed by atoms with Crippen molar-refractivity contribution < 1.29 is 4.42 Å². The monoisotopic (exact) mass is 361 g/mol. The molecular weight excluding hydrogens is 322 g/mol. The highest BCUT2D eigenvalue weighted by atomic mass is 16.3. The Balaban J connectivity index is 0.000000260. The van der Waals surface area contributed by atoms with Crippen LogP contribution in [0, 0.1) is 0 Å². The largest absolute Gasteiger partial charge is 0.448 e. The number of aromatic amines is 1. The Morgan fingerprint density at radius 1 is 0.731 bits per heavy atom. The van der Waals surface area contributed by atoms with Crippen LogP contribution < -0.4 is 0 Å². The first-order chi connectivity index (χ1) is 11.4. The number of hydrogen-bond acceptors (Lipinski definition) is 3. The molecule has 2 aromatic rings. The minimum absolute atomic E-state index is 0.00347. The van der Waals surface area contributed by atoms with Crippen molar-refractivity contribution in [1.82, 2.24) is 15.0 Å². The molecule has 4 nitrogen and oxygen atoms in total. The van der Waals surface area contributed by atoms with Gasteiger partial charge in [-0.2, -0.15) is 0 Å². The van der Waals surface area contributed by atoms with Crippen LogP contribution in [0.15, 0.2) is 16.9 Å². The van der Waals surface area contributed by atoms with E-state index >= 15 is 0 Å². The highest BCUT2D eigenvalue weighted by Gasteiger charge is 2.24. The van der Waals surface area contributed by atoms with Crippen molar-refractivity contribution in [3.63, 3.8) is 0 Å². The van der Waals surface area contributed by atoms with Crippen LogP contribution in [0.5, 0.6) is 0 Å². The zero-order chi connectivity index (χ0) is 20.6. The summed E-state index contributed by atoms with van der Waals surface area (Å²) in [6, 6.07) is 0. The quantitative estimate of drug-likeness (QED) is 0.601. The van der Waals surface area contributed by atoms with Gasteiger partial charge in [-0.25, -0.2) is 9.97 Å². The van der Waals surface area contributed by atoms with Gasteiger partial charge in [-0.05, 0) is 0 Å². The van der Waals surface area contributed by atoms with E-state index < -0.39 is 0 Å². The van der Waals surface area contributed by atoms with E-state index in [1.54, 1.807) is 6.26 Å². The van der Waals surface area contributed by atoms with Crippen LogP contribution in [0.2, 0.25) is 0 Å². The number of nitrogens with zero attached hydrogens (tertiary/aromatic N) is 2. The number of aromatic nitrogens is 3. The summed E-state index contributed by atoms with van der Waals surface area (Å²) in [6.07, 6.45) is 3.71. The summed E-state index contributed by atoms with van der Waals surface area (Å²) >= 11 is 0. The average molecular weight is 362 g/mol.